The first-order chi connectivity index (χ1) is 16.1. The molecule has 0 saturated heterocycles. The molecule has 0 heterocycles. The van der Waals surface area contributed by atoms with E-state index in [1.807, 2.05) is 38.1 Å². The van der Waals surface area contributed by atoms with E-state index in [9.17, 15) is 19.5 Å². The molecule has 1 atom stereocenters. The normalized spacial score (nSPS) is 13.7. The Kier molecular flexibility index (Phi) is 7.97. The molecule has 2 aromatic carbocycles. The molecular weight excluding hydrogens is 432 g/mol. The second kappa shape index (κ2) is 10.7. The van der Waals surface area contributed by atoms with Crippen molar-refractivity contribution in [2.24, 2.45) is 17.3 Å². The minimum absolute atomic E-state index is 0.0126. The van der Waals surface area contributed by atoms with Crippen molar-refractivity contribution < 1.29 is 24.2 Å². The highest BCUT2D eigenvalue weighted by molar-refractivity contribution is 5.81. The summed E-state index contributed by atoms with van der Waals surface area (Å²) in [6, 6.07) is 16.3. The van der Waals surface area contributed by atoms with Gasteiger partial charge in [-0.3, -0.25) is 9.59 Å². The lowest BCUT2D eigenvalue weighted by atomic mass is 9.89. The van der Waals surface area contributed by atoms with Gasteiger partial charge in [0.15, 0.2) is 0 Å². The van der Waals surface area contributed by atoms with Gasteiger partial charge in [0.2, 0.25) is 5.91 Å². The van der Waals surface area contributed by atoms with Gasteiger partial charge < -0.3 is 20.5 Å². The summed E-state index contributed by atoms with van der Waals surface area (Å²) in [6.45, 7) is 7.67. The van der Waals surface area contributed by atoms with Crippen LogP contribution in [0.1, 0.15) is 51.2 Å². The maximum atomic E-state index is 12.6. The highest BCUT2D eigenvalue weighted by Gasteiger charge is 2.30. The van der Waals surface area contributed by atoms with Crippen LogP contribution in [0.2, 0.25) is 0 Å². The molecular formula is C27H34N2O5. The number of nitrogens with one attached hydrogen (secondary N) is 2. The number of carbonyl (C=O) groups is 3. The minimum atomic E-state index is -0.917. The molecule has 2 amide bonds. The van der Waals surface area contributed by atoms with Crippen LogP contribution in [0.3, 0.4) is 0 Å². The van der Waals surface area contributed by atoms with Crippen LogP contribution in [0.4, 0.5) is 4.79 Å². The fourth-order valence-electron chi connectivity index (χ4n) is 4.21. The van der Waals surface area contributed by atoms with Crippen molar-refractivity contribution in [3.05, 3.63) is 59.7 Å². The van der Waals surface area contributed by atoms with Crippen LogP contribution in [0, 0.1) is 17.3 Å². The van der Waals surface area contributed by atoms with Gasteiger partial charge in [0.25, 0.3) is 0 Å². The van der Waals surface area contributed by atoms with Gasteiger partial charge in [-0.15, -0.1) is 0 Å². The number of amides is 2. The number of hydrogen-bond acceptors (Lipinski definition) is 4. The Hall–Kier alpha value is -3.35. The van der Waals surface area contributed by atoms with E-state index in [1.54, 1.807) is 13.8 Å². The molecule has 7 nitrogen and oxygen atoms in total. The lowest BCUT2D eigenvalue weighted by Crippen LogP contribution is -2.42. The minimum Gasteiger partial charge on any atom is -0.481 e. The number of benzene rings is 2. The molecule has 2 aromatic rings. The lowest BCUT2D eigenvalue weighted by molar-refractivity contribution is -0.147. The van der Waals surface area contributed by atoms with Crippen molar-refractivity contribution in [2.75, 3.05) is 19.7 Å². The molecule has 0 spiro atoms. The van der Waals surface area contributed by atoms with Crippen molar-refractivity contribution in [2.45, 2.75) is 40.0 Å². The molecule has 3 N–H and O–H groups in total. The zero-order valence-electron chi connectivity index (χ0n) is 20.3. The summed E-state index contributed by atoms with van der Waals surface area (Å²) in [7, 11) is 0. The maximum absolute atomic E-state index is 12.6. The van der Waals surface area contributed by atoms with E-state index in [1.165, 1.54) is 0 Å². The van der Waals surface area contributed by atoms with Gasteiger partial charge in [-0.1, -0.05) is 62.4 Å². The summed E-state index contributed by atoms with van der Waals surface area (Å²) in [5, 5.41) is 14.7. The fourth-order valence-corrected chi connectivity index (χ4v) is 4.21. The lowest BCUT2D eigenvalue weighted by Gasteiger charge is -2.23. The monoisotopic (exact) mass is 466 g/mol. The van der Waals surface area contributed by atoms with E-state index in [-0.39, 0.29) is 37.4 Å². The quantitative estimate of drug-likeness (QED) is 0.481. The van der Waals surface area contributed by atoms with E-state index in [2.05, 4.69) is 34.9 Å². The molecule has 0 aliphatic heterocycles. The second-order valence-electron chi connectivity index (χ2n) is 9.79. The third kappa shape index (κ3) is 5.76. The third-order valence-corrected chi connectivity index (χ3v) is 6.58. The predicted molar refractivity (Wildman–Crippen MR) is 130 cm³/mol. The molecule has 0 radical (unpaired) electrons. The molecule has 34 heavy (non-hydrogen) atoms. The molecule has 0 saturated carbocycles. The third-order valence-electron chi connectivity index (χ3n) is 6.58. The number of carbonyl (C=O) groups excluding carboxylic acids is 2. The van der Waals surface area contributed by atoms with Gasteiger partial charge in [0.1, 0.15) is 6.61 Å². The average molecular weight is 467 g/mol. The number of rotatable bonds is 10. The van der Waals surface area contributed by atoms with E-state index < -0.39 is 23.4 Å². The molecule has 0 bridgehead atoms. The van der Waals surface area contributed by atoms with Crippen LogP contribution in [0.5, 0.6) is 0 Å². The highest BCUT2D eigenvalue weighted by Crippen LogP contribution is 2.44. The summed E-state index contributed by atoms with van der Waals surface area (Å²) in [6.07, 6.45) is -0.245. The van der Waals surface area contributed by atoms with Crippen molar-refractivity contribution in [3.63, 3.8) is 0 Å². The summed E-state index contributed by atoms with van der Waals surface area (Å²) in [4.78, 5) is 36.3. The van der Waals surface area contributed by atoms with E-state index in [0.29, 0.717) is 6.42 Å². The first kappa shape index (κ1) is 25.3. The van der Waals surface area contributed by atoms with Gasteiger partial charge in [-0.2, -0.15) is 0 Å². The van der Waals surface area contributed by atoms with Gasteiger partial charge in [-0.05, 0) is 48.4 Å². The Labute approximate surface area is 200 Å². The fraction of sp³-hybridized carbons (Fsp3) is 0.444. The molecule has 3 rings (SSSR count). The van der Waals surface area contributed by atoms with Crippen molar-refractivity contribution in [1.29, 1.82) is 0 Å². The van der Waals surface area contributed by atoms with Gasteiger partial charge in [0.05, 0.1) is 11.3 Å². The number of alkyl carbamates (subject to hydrolysis) is 1. The first-order valence-corrected chi connectivity index (χ1v) is 11.7. The molecule has 7 heteroatoms. The van der Waals surface area contributed by atoms with Crippen LogP contribution < -0.4 is 10.6 Å². The second-order valence-corrected chi connectivity index (χ2v) is 9.79. The Balaban J connectivity index is 1.52. The molecule has 182 valence electrons. The van der Waals surface area contributed by atoms with Crippen LogP contribution in [0.15, 0.2) is 48.5 Å². The standard InChI is InChI=1S/C27H34N2O5/c1-17(2)22(24(30)28-14-13-27(3,4)25(31)32)15-29-26(33)34-16-23-20-11-7-5-9-18(20)19-10-6-8-12-21(19)23/h5-12,17,22-23H,13-16H2,1-4H3,(H,28,30)(H,29,33)(H,31,32). The molecule has 1 aliphatic rings. The molecule has 0 fully saturated rings. The number of fused-ring (bicyclic) bond motifs is 3. The molecule has 0 aromatic heterocycles. The maximum Gasteiger partial charge on any atom is 0.407 e. The zero-order valence-corrected chi connectivity index (χ0v) is 20.3. The van der Waals surface area contributed by atoms with Gasteiger partial charge >= 0.3 is 12.1 Å². The number of ether oxygens (including phenoxy) is 1. The summed E-state index contributed by atoms with van der Waals surface area (Å²) in [5.74, 6) is -1.61. The molecule has 1 aliphatic carbocycles. The summed E-state index contributed by atoms with van der Waals surface area (Å²) in [5.41, 5.74) is 3.69. The first-order valence-electron chi connectivity index (χ1n) is 11.7. The van der Waals surface area contributed by atoms with Crippen LogP contribution in [-0.2, 0) is 14.3 Å². The average Bonchev–Trinajstić information content (AvgIpc) is 3.11. The summed E-state index contributed by atoms with van der Waals surface area (Å²) >= 11 is 0. The van der Waals surface area contributed by atoms with Gasteiger partial charge in [-0.25, -0.2) is 4.79 Å². The smallest absolute Gasteiger partial charge is 0.407 e. The number of carboxylic acid groups (broad SMARTS) is 1. The molecule has 1 unspecified atom stereocenters. The van der Waals surface area contributed by atoms with Crippen molar-refractivity contribution in [3.8, 4) is 11.1 Å². The van der Waals surface area contributed by atoms with E-state index in [4.69, 9.17) is 4.74 Å². The highest BCUT2D eigenvalue weighted by atomic mass is 16.5. The number of aliphatic carboxylic acids is 1. The Bertz CT molecular complexity index is 1000. The Morgan fingerprint density at radius 2 is 1.53 bits per heavy atom. The predicted octanol–water partition coefficient (Wildman–Crippen LogP) is 4.41. The topological polar surface area (TPSA) is 105 Å². The number of hydrogen-bond donors (Lipinski definition) is 3. The van der Waals surface area contributed by atoms with E-state index >= 15 is 0 Å². The van der Waals surface area contributed by atoms with E-state index in [0.717, 1.165) is 22.3 Å². The zero-order chi connectivity index (χ0) is 24.9. The Morgan fingerprint density at radius 3 is 2.06 bits per heavy atom. The van der Waals surface area contributed by atoms with Crippen molar-refractivity contribution >= 4 is 18.0 Å². The Morgan fingerprint density at radius 1 is 0.971 bits per heavy atom. The largest absolute Gasteiger partial charge is 0.481 e. The van der Waals surface area contributed by atoms with Gasteiger partial charge in [0, 0.05) is 19.0 Å². The van der Waals surface area contributed by atoms with Crippen LogP contribution >= 0.6 is 0 Å². The SMILES string of the molecule is CC(C)C(CNC(=O)OCC1c2ccccc2-c2ccccc21)C(=O)NCCC(C)(C)C(=O)O. The van der Waals surface area contributed by atoms with Crippen LogP contribution in [-0.4, -0.2) is 42.8 Å². The van der Waals surface area contributed by atoms with Crippen molar-refractivity contribution in [1.82, 2.24) is 10.6 Å². The number of carboxylic acids is 1. The van der Waals surface area contributed by atoms with Crippen LogP contribution in [0.25, 0.3) is 11.1 Å². The summed E-state index contributed by atoms with van der Waals surface area (Å²) < 4.78 is 5.55.